The molecular weight excluding hydrogens is 510 g/mol. The highest BCUT2D eigenvalue weighted by atomic mass is 79.9. The van der Waals surface area contributed by atoms with Crippen molar-refractivity contribution in [1.29, 1.82) is 0 Å². The van der Waals surface area contributed by atoms with E-state index in [1.54, 1.807) is 26.4 Å². The molecule has 0 spiro atoms. The Morgan fingerprint density at radius 1 is 0.886 bits per heavy atom. The van der Waals surface area contributed by atoms with Gasteiger partial charge < -0.3 is 25.0 Å². The maximum atomic E-state index is 13.1. The van der Waals surface area contributed by atoms with Gasteiger partial charge >= 0.3 is 6.03 Å². The zero-order valence-electron chi connectivity index (χ0n) is 19.9. The Kier molecular flexibility index (Phi) is 9.98. The number of hydrogen-bond donors (Lipinski definition) is 2. The SMILES string of the molecule is COc1ccc(CCN(Cc2ccccc2)C(=O)CCNC(=O)Nc2cccc(Br)c2)cc1OC. The number of carbonyl (C=O) groups is 2. The molecule has 0 bridgehead atoms. The van der Waals surface area contributed by atoms with Gasteiger partial charge in [-0.15, -0.1) is 0 Å². The van der Waals surface area contributed by atoms with Gasteiger partial charge in [-0.2, -0.15) is 0 Å². The first-order chi connectivity index (χ1) is 17.0. The van der Waals surface area contributed by atoms with Gasteiger partial charge in [-0.3, -0.25) is 4.79 Å². The summed E-state index contributed by atoms with van der Waals surface area (Å²) in [5.74, 6) is 1.30. The van der Waals surface area contributed by atoms with E-state index < -0.39 is 0 Å². The van der Waals surface area contributed by atoms with Crippen molar-refractivity contribution >= 4 is 33.6 Å². The van der Waals surface area contributed by atoms with E-state index in [0.717, 1.165) is 15.6 Å². The molecule has 0 aliphatic rings. The van der Waals surface area contributed by atoms with Gasteiger partial charge in [0.1, 0.15) is 0 Å². The minimum atomic E-state index is -0.351. The zero-order valence-corrected chi connectivity index (χ0v) is 21.5. The largest absolute Gasteiger partial charge is 0.493 e. The molecule has 184 valence electrons. The molecule has 3 rings (SSSR count). The number of ether oxygens (including phenoxy) is 2. The Morgan fingerprint density at radius 2 is 1.66 bits per heavy atom. The van der Waals surface area contributed by atoms with Crippen LogP contribution in [0.4, 0.5) is 10.5 Å². The predicted octanol–water partition coefficient (Wildman–Crippen LogP) is 5.25. The van der Waals surface area contributed by atoms with E-state index in [-0.39, 0.29) is 24.9 Å². The number of halogens is 1. The van der Waals surface area contributed by atoms with Gasteiger partial charge in [-0.05, 0) is 47.9 Å². The van der Waals surface area contributed by atoms with Crippen molar-refractivity contribution in [3.8, 4) is 11.5 Å². The summed E-state index contributed by atoms with van der Waals surface area (Å²) < 4.78 is 11.6. The van der Waals surface area contributed by atoms with Crippen LogP contribution in [0.5, 0.6) is 11.5 Å². The van der Waals surface area contributed by atoms with E-state index in [2.05, 4.69) is 26.6 Å². The van der Waals surface area contributed by atoms with Gasteiger partial charge in [0.05, 0.1) is 14.2 Å². The summed E-state index contributed by atoms with van der Waals surface area (Å²) in [6.45, 7) is 1.27. The van der Waals surface area contributed by atoms with E-state index in [1.807, 2.05) is 65.6 Å². The van der Waals surface area contributed by atoms with Crippen LogP contribution in [0.1, 0.15) is 17.5 Å². The Balaban J connectivity index is 1.58. The summed E-state index contributed by atoms with van der Waals surface area (Å²) in [6.07, 6.45) is 0.862. The molecule has 0 heterocycles. The van der Waals surface area contributed by atoms with Crippen LogP contribution in [0.25, 0.3) is 0 Å². The molecule has 2 N–H and O–H groups in total. The van der Waals surface area contributed by atoms with Gasteiger partial charge in [0, 0.05) is 36.2 Å². The molecule has 0 aliphatic carbocycles. The lowest BCUT2D eigenvalue weighted by Crippen LogP contribution is -2.36. The van der Waals surface area contributed by atoms with Gasteiger partial charge in [-0.25, -0.2) is 4.79 Å². The molecule has 35 heavy (non-hydrogen) atoms. The molecule has 0 atom stereocenters. The minimum absolute atomic E-state index is 0.0305. The average Bonchev–Trinajstić information content (AvgIpc) is 2.86. The molecule has 0 fully saturated rings. The van der Waals surface area contributed by atoms with Crippen LogP contribution in [0.2, 0.25) is 0 Å². The number of benzene rings is 3. The van der Waals surface area contributed by atoms with Crippen molar-refractivity contribution in [1.82, 2.24) is 10.2 Å². The van der Waals surface area contributed by atoms with Gasteiger partial charge in [0.25, 0.3) is 0 Å². The van der Waals surface area contributed by atoms with Crippen LogP contribution < -0.4 is 20.1 Å². The molecule has 3 aromatic rings. The van der Waals surface area contributed by atoms with Gasteiger partial charge in [0.2, 0.25) is 5.91 Å². The van der Waals surface area contributed by atoms with Crippen molar-refractivity contribution < 1.29 is 19.1 Å². The standard InChI is InChI=1S/C27H30BrN3O4/c1-34-24-12-11-20(17-25(24)35-2)14-16-31(19-21-7-4-3-5-8-21)26(32)13-15-29-27(33)30-23-10-6-9-22(28)18-23/h3-12,17-18H,13-16,19H2,1-2H3,(H2,29,30,33). The van der Waals surface area contributed by atoms with Crippen LogP contribution in [-0.4, -0.2) is 44.1 Å². The van der Waals surface area contributed by atoms with E-state index in [4.69, 9.17) is 9.47 Å². The van der Waals surface area contributed by atoms with Crippen LogP contribution >= 0.6 is 15.9 Å². The summed E-state index contributed by atoms with van der Waals surface area (Å²) in [7, 11) is 3.21. The Labute approximate surface area is 214 Å². The van der Waals surface area contributed by atoms with Crippen LogP contribution in [0.15, 0.2) is 77.3 Å². The van der Waals surface area contributed by atoms with Crippen molar-refractivity contribution in [2.45, 2.75) is 19.4 Å². The zero-order chi connectivity index (χ0) is 25.0. The smallest absolute Gasteiger partial charge is 0.319 e. The van der Waals surface area contributed by atoms with Crippen LogP contribution in [-0.2, 0) is 17.8 Å². The van der Waals surface area contributed by atoms with Crippen LogP contribution in [0, 0.1) is 0 Å². The lowest BCUT2D eigenvalue weighted by atomic mass is 10.1. The second-order valence-electron chi connectivity index (χ2n) is 7.88. The first-order valence-electron chi connectivity index (χ1n) is 11.3. The number of hydrogen-bond acceptors (Lipinski definition) is 4. The molecule has 7 nitrogen and oxygen atoms in total. The number of nitrogens with zero attached hydrogens (tertiary/aromatic N) is 1. The summed E-state index contributed by atoms with van der Waals surface area (Å²) >= 11 is 3.38. The lowest BCUT2D eigenvalue weighted by molar-refractivity contribution is -0.131. The molecule has 3 amide bonds. The second-order valence-corrected chi connectivity index (χ2v) is 8.80. The summed E-state index contributed by atoms with van der Waals surface area (Å²) in [6, 6.07) is 22.6. The third-order valence-corrected chi connectivity index (χ3v) is 5.89. The number of rotatable bonds is 11. The maximum Gasteiger partial charge on any atom is 0.319 e. The van der Waals surface area contributed by atoms with E-state index in [1.165, 1.54) is 0 Å². The van der Waals surface area contributed by atoms with E-state index in [0.29, 0.717) is 36.7 Å². The van der Waals surface area contributed by atoms with Crippen molar-refractivity contribution in [3.63, 3.8) is 0 Å². The third kappa shape index (κ3) is 8.33. The molecule has 0 radical (unpaired) electrons. The average molecular weight is 540 g/mol. The molecule has 0 unspecified atom stereocenters. The highest BCUT2D eigenvalue weighted by molar-refractivity contribution is 9.10. The van der Waals surface area contributed by atoms with Crippen molar-refractivity contribution in [3.05, 3.63) is 88.4 Å². The molecule has 0 saturated carbocycles. The monoisotopic (exact) mass is 539 g/mol. The lowest BCUT2D eigenvalue weighted by Gasteiger charge is -2.23. The summed E-state index contributed by atoms with van der Waals surface area (Å²) in [4.78, 5) is 27.1. The summed E-state index contributed by atoms with van der Waals surface area (Å²) in [5.41, 5.74) is 2.76. The maximum absolute atomic E-state index is 13.1. The first kappa shape index (κ1) is 26.1. The Morgan fingerprint density at radius 3 is 2.37 bits per heavy atom. The number of urea groups is 1. The van der Waals surface area contributed by atoms with Gasteiger partial charge in [0.15, 0.2) is 11.5 Å². The normalized spacial score (nSPS) is 10.4. The fraction of sp³-hybridized carbons (Fsp3) is 0.259. The Bertz CT molecular complexity index is 1120. The summed E-state index contributed by atoms with van der Waals surface area (Å²) in [5, 5.41) is 5.52. The predicted molar refractivity (Wildman–Crippen MR) is 141 cm³/mol. The van der Waals surface area contributed by atoms with Crippen molar-refractivity contribution in [2.75, 3.05) is 32.6 Å². The van der Waals surface area contributed by atoms with Gasteiger partial charge in [-0.1, -0.05) is 58.4 Å². The number of carbonyl (C=O) groups excluding carboxylic acids is 2. The molecule has 0 aromatic heterocycles. The number of nitrogens with one attached hydrogen (secondary N) is 2. The molecule has 0 saturated heterocycles. The quantitative estimate of drug-likeness (QED) is 0.348. The fourth-order valence-corrected chi connectivity index (χ4v) is 3.98. The molecule has 3 aromatic carbocycles. The molecule has 0 aliphatic heterocycles. The number of methoxy groups -OCH3 is 2. The topological polar surface area (TPSA) is 79.9 Å². The fourth-order valence-electron chi connectivity index (χ4n) is 3.58. The number of anilines is 1. The molecular formula is C27H30BrN3O4. The minimum Gasteiger partial charge on any atom is -0.493 e. The third-order valence-electron chi connectivity index (χ3n) is 5.39. The first-order valence-corrected chi connectivity index (χ1v) is 12.1. The van der Waals surface area contributed by atoms with Crippen molar-refractivity contribution in [2.24, 2.45) is 0 Å². The Hall–Kier alpha value is -3.52. The molecule has 8 heteroatoms. The van der Waals surface area contributed by atoms with E-state index in [9.17, 15) is 9.59 Å². The van der Waals surface area contributed by atoms with Crippen LogP contribution in [0.3, 0.4) is 0 Å². The highest BCUT2D eigenvalue weighted by Gasteiger charge is 2.15. The highest BCUT2D eigenvalue weighted by Crippen LogP contribution is 2.27. The van der Waals surface area contributed by atoms with E-state index >= 15 is 0 Å². The second kappa shape index (κ2) is 13.4. The number of amides is 3.